The number of rotatable bonds is 1. The van der Waals surface area contributed by atoms with Gasteiger partial charge < -0.3 is 5.11 Å². The summed E-state index contributed by atoms with van der Waals surface area (Å²) < 4.78 is 13.2. The number of benzene rings is 2. The van der Waals surface area contributed by atoms with Crippen LogP contribution in [0.4, 0.5) is 4.39 Å². The van der Waals surface area contributed by atoms with Crippen LogP contribution < -0.4 is 0 Å². The molecule has 1 atom stereocenters. The standard InChI is InChI=1S/C15H13FO/c16-11-4-1-3-10(9-11)12-5-2-6-14-13(12)7-8-15(14)17/h1-6,9,15,17H,7-8H2. The first-order valence-corrected chi connectivity index (χ1v) is 5.81. The summed E-state index contributed by atoms with van der Waals surface area (Å²) in [7, 11) is 0. The van der Waals surface area contributed by atoms with Gasteiger partial charge in [0.2, 0.25) is 0 Å². The Kier molecular flexibility index (Phi) is 2.45. The normalized spacial score (nSPS) is 18.1. The lowest BCUT2D eigenvalue weighted by molar-refractivity contribution is 0.180. The number of hydrogen-bond donors (Lipinski definition) is 1. The minimum absolute atomic E-state index is 0.223. The maximum absolute atomic E-state index is 13.2. The Morgan fingerprint density at radius 1 is 1.12 bits per heavy atom. The number of halogens is 1. The van der Waals surface area contributed by atoms with Gasteiger partial charge in [0.15, 0.2) is 0 Å². The minimum atomic E-state index is -0.362. The molecule has 1 unspecified atom stereocenters. The molecule has 0 aliphatic heterocycles. The molecule has 0 heterocycles. The highest BCUT2D eigenvalue weighted by atomic mass is 19.1. The Morgan fingerprint density at radius 2 is 1.94 bits per heavy atom. The zero-order chi connectivity index (χ0) is 11.8. The lowest BCUT2D eigenvalue weighted by atomic mass is 9.97. The van der Waals surface area contributed by atoms with Crippen molar-refractivity contribution < 1.29 is 9.50 Å². The largest absolute Gasteiger partial charge is 0.388 e. The highest BCUT2D eigenvalue weighted by Gasteiger charge is 2.22. The Hall–Kier alpha value is -1.67. The lowest BCUT2D eigenvalue weighted by Crippen LogP contribution is -1.91. The van der Waals surface area contributed by atoms with Gasteiger partial charge in [0, 0.05) is 0 Å². The Bertz CT molecular complexity index is 563. The molecule has 17 heavy (non-hydrogen) atoms. The third-order valence-electron chi connectivity index (χ3n) is 3.37. The van der Waals surface area contributed by atoms with Crippen LogP contribution in [0.3, 0.4) is 0 Å². The zero-order valence-corrected chi connectivity index (χ0v) is 9.36. The van der Waals surface area contributed by atoms with E-state index in [0.29, 0.717) is 0 Å². The fourth-order valence-corrected chi connectivity index (χ4v) is 2.56. The van der Waals surface area contributed by atoms with E-state index in [0.717, 1.165) is 35.1 Å². The number of aliphatic hydroxyl groups excluding tert-OH is 1. The Morgan fingerprint density at radius 3 is 2.76 bits per heavy atom. The summed E-state index contributed by atoms with van der Waals surface area (Å²) in [5.41, 5.74) is 4.08. The van der Waals surface area contributed by atoms with Crippen LogP contribution in [0.2, 0.25) is 0 Å². The van der Waals surface area contributed by atoms with Crippen molar-refractivity contribution in [3.05, 3.63) is 59.4 Å². The Labute approximate surface area is 99.5 Å². The van der Waals surface area contributed by atoms with Crippen molar-refractivity contribution in [2.75, 3.05) is 0 Å². The van der Waals surface area contributed by atoms with Crippen LogP contribution in [0.25, 0.3) is 11.1 Å². The lowest BCUT2D eigenvalue weighted by Gasteiger charge is -2.09. The van der Waals surface area contributed by atoms with Crippen LogP contribution in [-0.4, -0.2) is 5.11 Å². The van der Waals surface area contributed by atoms with Crippen LogP contribution in [0.15, 0.2) is 42.5 Å². The molecule has 0 fully saturated rings. The predicted molar refractivity (Wildman–Crippen MR) is 65.1 cm³/mol. The molecule has 0 saturated heterocycles. The molecule has 0 saturated carbocycles. The molecule has 1 nitrogen and oxygen atoms in total. The van der Waals surface area contributed by atoms with E-state index in [4.69, 9.17) is 0 Å². The van der Waals surface area contributed by atoms with Crippen molar-refractivity contribution in [1.82, 2.24) is 0 Å². The van der Waals surface area contributed by atoms with Crippen molar-refractivity contribution in [2.24, 2.45) is 0 Å². The summed E-state index contributed by atoms with van der Waals surface area (Å²) in [5, 5.41) is 9.83. The second-order valence-electron chi connectivity index (χ2n) is 4.44. The molecule has 0 spiro atoms. The van der Waals surface area contributed by atoms with Gasteiger partial charge in [0.1, 0.15) is 5.82 Å². The summed E-state index contributed by atoms with van der Waals surface area (Å²) in [6.07, 6.45) is 1.27. The van der Waals surface area contributed by atoms with Gasteiger partial charge in [-0.25, -0.2) is 4.39 Å². The molecule has 2 aromatic rings. The van der Waals surface area contributed by atoms with Crippen molar-refractivity contribution in [3.8, 4) is 11.1 Å². The van der Waals surface area contributed by atoms with E-state index < -0.39 is 0 Å². The molecular weight excluding hydrogens is 215 g/mol. The molecule has 1 aliphatic carbocycles. The maximum Gasteiger partial charge on any atom is 0.123 e. The van der Waals surface area contributed by atoms with Crippen molar-refractivity contribution in [1.29, 1.82) is 0 Å². The summed E-state index contributed by atoms with van der Waals surface area (Å²) >= 11 is 0. The first-order valence-electron chi connectivity index (χ1n) is 5.81. The molecule has 86 valence electrons. The predicted octanol–water partition coefficient (Wildman–Crippen LogP) is 3.47. The van der Waals surface area contributed by atoms with E-state index in [-0.39, 0.29) is 11.9 Å². The van der Waals surface area contributed by atoms with Gasteiger partial charge in [-0.1, -0.05) is 30.3 Å². The summed E-state index contributed by atoms with van der Waals surface area (Å²) in [4.78, 5) is 0. The number of aliphatic hydroxyl groups is 1. The van der Waals surface area contributed by atoms with Gasteiger partial charge >= 0.3 is 0 Å². The van der Waals surface area contributed by atoms with Gasteiger partial charge in [-0.15, -0.1) is 0 Å². The molecule has 0 bridgehead atoms. The van der Waals surface area contributed by atoms with Gasteiger partial charge in [0.25, 0.3) is 0 Å². The van der Waals surface area contributed by atoms with Gasteiger partial charge in [-0.05, 0) is 47.2 Å². The third-order valence-corrected chi connectivity index (χ3v) is 3.37. The summed E-state index contributed by atoms with van der Waals surface area (Å²) in [6.45, 7) is 0. The highest BCUT2D eigenvalue weighted by molar-refractivity contribution is 5.69. The van der Waals surface area contributed by atoms with Gasteiger partial charge in [0.05, 0.1) is 6.10 Å². The Balaban J connectivity index is 2.17. The van der Waals surface area contributed by atoms with E-state index >= 15 is 0 Å². The van der Waals surface area contributed by atoms with E-state index in [1.807, 2.05) is 24.3 Å². The fourth-order valence-electron chi connectivity index (χ4n) is 2.56. The van der Waals surface area contributed by atoms with E-state index in [9.17, 15) is 9.50 Å². The van der Waals surface area contributed by atoms with Crippen molar-refractivity contribution >= 4 is 0 Å². The minimum Gasteiger partial charge on any atom is -0.388 e. The second-order valence-corrected chi connectivity index (χ2v) is 4.44. The molecule has 1 aliphatic rings. The monoisotopic (exact) mass is 228 g/mol. The third kappa shape index (κ3) is 1.75. The number of fused-ring (bicyclic) bond motifs is 1. The average Bonchev–Trinajstić information content (AvgIpc) is 2.71. The van der Waals surface area contributed by atoms with Crippen LogP contribution >= 0.6 is 0 Å². The van der Waals surface area contributed by atoms with Crippen LogP contribution in [-0.2, 0) is 6.42 Å². The first-order chi connectivity index (χ1) is 8.25. The number of hydrogen-bond acceptors (Lipinski definition) is 1. The molecule has 0 radical (unpaired) electrons. The molecular formula is C15H13FO. The van der Waals surface area contributed by atoms with Crippen LogP contribution in [0, 0.1) is 5.82 Å². The molecule has 3 rings (SSSR count). The van der Waals surface area contributed by atoms with Crippen LogP contribution in [0.1, 0.15) is 23.7 Å². The topological polar surface area (TPSA) is 20.2 Å². The van der Waals surface area contributed by atoms with Crippen molar-refractivity contribution in [2.45, 2.75) is 18.9 Å². The smallest absolute Gasteiger partial charge is 0.123 e. The average molecular weight is 228 g/mol. The molecule has 0 aromatic heterocycles. The van der Waals surface area contributed by atoms with E-state index in [1.165, 1.54) is 6.07 Å². The quantitative estimate of drug-likeness (QED) is 0.792. The van der Waals surface area contributed by atoms with Gasteiger partial charge in [-0.2, -0.15) is 0 Å². The summed E-state index contributed by atoms with van der Waals surface area (Å²) in [6, 6.07) is 12.5. The molecule has 0 amide bonds. The zero-order valence-electron chi connectivity index (χ0n) is 9.36. The fraction of sp³-hybridized carbons (Fsp3) is 0.200. The SMILES string of the molecule is OC1CCc2c(-c3cccc(F)c3)cccc21. The second kappa shape index (κ2) is 3.97. The molecule has 2 heteroatoms. The van der Waals surface area contributed by atoms with E-state index in [2.05, 4.69) is 0 Å². The molecule has 1 N–H and O–H groups in total. The maximum atomic E-state index is 13.2. The van der Waals surface area contributed by atoms with E-state index in [1.54, 1.807) is 12.1 Å². The molecule has 2 aromatic carbocycles. The van der Waals surface area contributed by atoms with Crippen molar-refractivity contribution in [3.63, 3.8) is 0 Å². The van der Waals surface area contributed by atoms with Crippen LogP contribution in [0.5, 0.6) is 0 Å². The highest BCUT2D eigenvalue weighted by Crippen LogP contribution is 2.37. The first kappa shape index (κ1) is 10.5. The summed E-state index contributed by atoms with van der Waals surface area (Å²) in [5.74, 6) is -0.223. The van der Waals surface area contributed by atoms with Gasteiger partial charge in [-0.3, -0.25) is 0 Å².